The van der Waals surface area contributed by atoms with Gasteiger partial charge >= 0.3 is 6.09 Å². The Bertz CT molecular complexity index is 795. The molecule has 0 radical (unpaired) electrons. The van der Waals surface area contributed by atoms with Gasteiger partial charge in [0.15, 0.2) is 0 Å². The highest BCUT2D eigenvalue weighted by Gasteiger charge is 2.26. The third-order valence-corrected chi connectivity index (χ3v) is 3.78. The van der Waals surface area contributed by atoms with Gasteiger partial charge in [-0.15, -0.1) is 5.10 Å². The average molecular weight is 314 g/mol. The Hall–Kier alpha value is -2.77. The maximum Gasteiger partial charge on any atom is 0.411 e. The molecular weight excluding hydrogens is 296 g/mol. The highest BCUT2D eigenvalue weighted by atomic mass is 16.4. The van der Waals surface area contributed by atoms with E-state index in [1.165, 1.54) is 9.70 Å². The van der Waals surface area contributed by atoms with Crippen molar-refractivity contribution in [1.82, 2.24) is 20.2 Å². The van der Waals surface area contributed by atoms with Gasteiger partial charge < -0.3 is 5.11 Å². The van der Waals surface area contributed by atoms with Crippen molar-refractivity contribution in [2.75, 3.05) is 11.4 Å². The molecule has 1 aliphatic rings. The van der Waals surface area contributed by atoms with E-state index in [1.54, 1.807) is 7.05 Å². The lowest BCUT2D eigenvalue weighted by Crippen LogP contribution is -2.30. The zero-order valence-electron chi connectivity index (χ0n) is 13.3. The lowest BCUT2D eigenvalue weighted by molar-refractivity contribution is 0.201. The Morgan fingerprint density at radius 3 is 2.78 bits per heavy atom. The summed E-state index contributed by atoms with van der Waals surface area (Å²) in [6, 6.07) is 3.96. The van der Waals surface area contributed by atoms with Crippen LogP contribution < -0.4 is 4.90 Å². The summed E-state index contributed by atoms with van der Waals surface area (Å²) < 4.78 is 0. The van der Waals surface area contributed by atoms with Crippen LogP contribution in [0, 0.1) is 13.8 Å². The number of nitrogens with zero attached hydrogens (tertiary/aromatic N) is 6. The van der Waals surface area contributed by atoms with Crippen molar-refractivity contribution in [2.24, 2.45) is 12.0 Å². The van der Waals surface area contributed by atoms with Gasteiger partial charge in [-0.25, -0.2) is 9.79 Å². The lowest BCUT2D eigenvalue weighted by Gasteiger charge is -2.22. The first-order valence-corrected chi connectivity index (χ1v) is 7.39. The van der Waals surface area contributed by atoms with Gasteiger partial charge in [-0.05, 0) is 43.5 Å². The number of carbonyl (C=O) groups is 1. The van der Waals surface area contributed by atoms with Crippen LogP contribution in [0.2, 0.25) is 0 Å². The van der Waals surface area contributed by atoms with Crippen LogP contribution in [0.1, 0.15) is 29.5 Å². The summed E-state index contributed by atoms with van der Waals surface area (Å²) in [6.07, 6.45) is 0.410. The lowest BCUT2D eigenvalue weighted by atomic mass is 9.99. The van der Waals surface area contributed by atoms with E-state index in [9.17, 15) is 9.90 Å². The van der Waals surface area contributed by atoms with Crippen molar-refractivity contribution in [2.45, 2.75) is 26.7 Å². The van der Waals surface area contributed by atoms with Gasteiger partial charge in [0.1, 0.15) is 0 Å². The van der Waals surface area contributed by atoms with Crippen LogP contribution >= 0.6 is 0 Å². The maximum absolute atomic E-state index is 11.6. The molecule has 0 fully saturated rings. The molecule has 0 aliphatic carbocycles. The first-order chi connectivity index (χ1) is 11.0. The fraction of sp³-hybridized carbons (Fsp3) is 0.400. The second-order valence-electron chi connectivity index (χ2n) is 5.65. The summed E-state index contributed by atoms with van der Waals surface area (Å²) in [7, 11) is 1.68. The van der Waals surface area contributed by atoms with E-state index >= 15 is 0 Å². The molecule has 1 N–H and O–H groups in total. The molecule has 0 bridgehead atoms. The minimum atomic E-state index is -0.947. The topological polar surface area (TPSA) is 96.5 Å². The summed E-state index contributed by atoms with van der Waals surface area (Å²) in [4.78, 5) is 18.9. The molecule has 8 nitrogen and oxygen atoms in total. The summed E-state index contributed by atoms with van der Waals surface area (Å²) in [5.41, 5.74) is 4.30. The number of anilines is 1. The molecular formula is C15H18N6O2. The Balaban J connectivity index is 2.18. The third kappa shape index (κ3) is 2.92. The van der Waals surface area contributed by atoms with Crippen molar-refractivity contribution >= 4 is 23.4 Å². The van der Waals surface area contributed by atoms with E-state index in [1.807, 2.05) is 26.0 Å². The summed E-state index contributed by atoms with van der Waals surface area (Å²) in [5, 5.41) is 21.3. The number of fused-ring (bicyclic) bond motifs is 1. The normalized spacial score (nSPS) is 16.3. The summed E-state index contributed by atoms with van der Waals surface area (Å²) >= 11 is 0. The zero-order chi connectivity index (χ0) is 16.6. The molecule has 1 aromatic carbocycles. The van der Waals surface area contributed by atoms with Gasteiger partial charge in [0.2, 0.25) is 0 Å². The van der Waals surface area contributed by atoms with Crippen molar-refractivity contribution < 1.29 is 9.90 Å². The van der Waals surface area contributed by atoms with Crippen molar-refractivity contribution in [3.8, 4) is 0 Å². The number of aromatic nitrogens is 4. The van der Waals surface area contributed by atoms with Crippen LogP contribution in [0.3, 0.4) is 0 Å². The minimum absolute atomic E-state index is 0.288. The Morgan fingerprint density at radius 1 is 1.35 bits per heavy atom. The van der Waals surface area contributed by atoms with E-state index in [-0.39, 0.29) is 5.95 Å². The van der Waals surface area contributed by atoms with Crippen LogP contribution in [0.4, 0.5) is 16.4 Å². The number of aryl methyl sites for hydroxylation is 3. The van der Waals surface area contributed by atoms with Crippen molar-refractivity contribution in [1.29, 1.82) is 0 Å². The number of carboxylic acid groups (broad SMARTS) is 1. The average Bonchev–Trinajstić information content (AvgIpc) is 2.78. The quantitative estimate of drug-likeness (QED) is 0.870. The van der Waals surface area contributed by atoms with Gasteiger partial charge in [-0.2, -0.15) is 4.80 Å². The van der Waals surface area contributed by atoms with E-state index in [2.05, 4.69) is 20.4 Å². The molecule has 120 valence electrons. The molecule has 1 aliphatic heterocycles. The second kappa shape index (κ2) is 5.79. The predicted octanol–water partition coefficient (Wildman–Crippen LogP) is 2.23. The van der Waals surface area contributed by atoms with Gasteiger partial charge in [0.25, 0.3) is 5.95 Å². The van der Waals surface area contributed by atoms with Crippen molar-refractivity contribution in [3.05, 3.63) is 28.8 Å². The SMILES string of the molecule is Cc1cc(C)c2c(c1)/C(=N\c1nnn(C)n1)CCCN2C(=O)O. The van der Waals surface area contributed by atoms with E-state index in [4.69, 9.17) is 0 Å². The number of hydrogen-bond donors (Lipinski definition) is 1. The highest BCUT2D eigenvalue weighted by Crippen LogP contribution is 2.32. The zero-order valence-corrected chi connectivity index (χ0v) is 13.3. The third-order valence-electron chi connectivity index (χ3n) is 3.78. The van der Waals surface area contributed by atoms with Gasteiger partial charge in [-0.3, -0.25) is 4.90 Å². The highest BCUT2D eigenvalue weighted by molar-refractivity contribution is 6.09. The van der Waals surface area contributed by atoms with Crippen LogP contribution in [-0.4, -0.2) is 43.7 Å². The smallest absolute Gasteiger partial charge is 0.411 e. The Kier molecular flexibility index (Phi) is 3.81. The predicted molar refractivity (Wildman–Crippen MR) is 85.5 cm³/mol. The van der Waals surface area contributed by atoms with Crippen LogP contribution in [0.25, 0.3) is 0 Å². The van der Waals surface area contributed by atoms with Gasteiger partial charge in [0, 0.05) is 12.1 Å². The fourth-order valence-electron chi connectivity index (χ4n) is 2.94. The van der Waals surface area contributed by atoms with E-state index in [0.717, 1.165) is 22.4 Å². The first-order valence-electron chi connectivity index (χ1n) is 7.39. The molecule has 0 unspecified atom stereocenters. The van der Waals surface area contributed by atoms with Gasteiger partial charge in [-0.1, -0.05) is 16.7 Å². The van der Waals surface area contributed by atoms with Crippen LogP contribution in [0.5, 0.6) is 0 Å². The number of rotatable bonds is 1. The van der Waals surface area contributed by atoms with Crippen LogP contribution in [0.15, 0.2) is 17.1 Å². The fourth-order valence-corrected chi connectivity index (χ4v) is 2.94. The molecule has 3 rings (SSSR count). The molecule has 0 spiro atoms. The maximum atomic E-state index is 11.6. The molecule has 2 heterocycles. The molecule has 2 aromatic rings. The monoisotopic (exact) mass is 314 g/mol. The Labute approximate surface area is 133 Å². The molecule has 0 saturated carbocycles. The number of tetrazole rings is 1. The summed E-state index contributed by atoms with van der Waals surface area (Å²) in [6.45, 7) is 4.35. The molecule has 1 amide bonds. The molecule has 0 atom stereocenters. The van der Waals surface area contributed by atoms with Gasteiger partial charge in [0.05, 0.1) is 18.4 Å². The van der Waals surface area contributed by atoms with Crippen molar-refractivity contribution in [3.63, 3.8) is 0 Å². The minimum Gasteiger partial charge on any atom is -0.465 e. The number of benzene rings is 1. The Morgan fingerprint density at radius 2 is 2.13 bits per heavy atom. The molecule has 0 saturated heterocycles. The van der Waals surface area contributed by atoms with E-state index < -0.39 is 6.09 Å². The molecule has 1 aromatic heterocycles. The number of aliphatic imine (C=N–C) groups is 1. The standard InChI is InChI=1S/C15H18N6O2/c1-9-7-10(2)13-11(8-9)12(5-4-6-21(13)15(22)23)16-14-17-19-20(3)18-14/h7-8H,4-6H2,1-3H3,(H,22,23)/b16-12-. The largest absolute Gasteiger partial charge is 0.465 e. The number of hydrogen-bond acceptors (Lipinski definition) is 5. The van der Waals surface area contributed by atoms with Crippen LogP contribution in [-0.2, 0) is 7.05 Å². The second-order valence-corrected chi connectivity index (χ2v) is 5.65. The molecule has 23 heavy (non-hydrogen) atoms. The summed E-state index contributed by atoms with van der Waals surface area (Å²) in [5.74, 6) is 0.288. The van der Waals surface area contributed by atoms with E-state index in [0.29, 0.717) is 25.1 Å². The molecule has 8 heteroatoms. The first kappa shape index (κ1) is 15.1. The number of amides is 1.